The van der Waals surface area contributed by atoms with Gasteiger partial charge in [0.15, 0.2) is 0 Å². The third-order valence-corrected chi connectivity index (χ3v) is 4.18. The second-order valence-electron chi connectivity index (χ2n) is 5.48. The lowest BCUT2D eigenvalue weighted by Crippen LogP contribution is -2.45. The normalized spacial score (nSPS) is 16.1. The van der Waals surface area contributed by atoms with Crippen molar-refractivity contribution in [1.82, 2.24) is 4.90 Å². The molecule has 0 aliphatic carbocycles. The molecular weight excluding hydrogens is 282 g/mol. The van der Waals surface area contributed by atoms with E-state index in [2.05, 4.69) is 34.1 Å². The molecule has 0 saturated carbocycles. The molecule has 0 spiro atoms. The molecule has 1 saturated heterocycles. The van der Waals surface area contributed by atoms with Crippen molar-refractivity contribution in [1.29, 1.82) is 0 Å². The average Bonchev–Trinajstić information content (AvgIpc) is 2.50. The van der Waals surface area contributed by atoms with Crippen LogP contribution < -0.4 is 10.6 Å². The summed E-state index contributed by atoms with van der Waals surface area (Å²) in [7, 11) is 0. The fourth-order valence-electron chi connectivity index (χ4n) is 2.73. The van der Waals surface area contributed by atoms with E-state index in [1.54, 1.807) is 0 Å². The Kier molecular flexibility index (Phi) is 4.32. The Hall–Kier alpha value is -1.71. The largest absolute Gasteiger partial charge is 0.399 e. The molecule has 2 aromatic carbocycles. The van der Waals surface area contributed by atoms with Gasteiger partial charge in [0.2, 0.25) is 0 Å². The SMILES string of the molecule is Nc1cccc(N2CCN(Cc3ccc(Cl)cc3)CC2)c1. The number of rotatable bonds is 3. The second kappa shape index (κ2) is 6.37. The lowest BCUT2D eigenvalue weighted by Gasteiger charge is -2.36. The van der Waals surface area contributed by atoms with E-state index < -0.39 is 0 Å². The van der Waals surface area contributed by atoms with Gasteiger partial charge in [-0.2, -0.15) is 0 Å². The fraction of sp³-hybridized carbons (Fsp3) is 0.294. The first-order valence-electron chi connectivity index (χ1n) is 7.28. The van der Waals surface area contributed by atoms with E-state index in [9.17, 15) is 0 Å². The minimum atomic E-state index is 0.797. The molecule has 3 nitrogen and oxygen atoms in total. The molecule has 1 heterocycles. The van der Waals surface area contributed by atoms with Crippen molar-refractivity contribution in [3.05, 3.63) is 59.1 Å². The minimum absolute atomic E-state index is 0.797. The zero-order chi connectivity index (χ0) is 14.7. The highest BCUT2D eigenvalue weighted by molar-refractivity contribution is 6.30. The van der Waals surface area contributed by atoms with Crippen LogP contribution in [0.3, 0.4) is 0 Å². The van der Waals surface area contributed by atoms with Gasteiger partial charge in [0, 0.05) is 49.1 Å². The van der Waals surface area contributed by atoms with Crippen molar-refractivity contribution in [3.63, 3.8) is 0 Å². The molecule has 0 bridgehead atoms. The number of nitrogen functional groups attached to an aromatic ring is 1. The minimum Gasteiger partial charge on any atom is -0.399 e. The van der Waals surface area contributed by atoms with E-state index in [-0.39, 0.29) is 0 Å². The van der Waals surface area contributed by atoms with Gasteiger partial charge in [-0.25, -0.2) is 0 Å². The number of piperazine rings is 1. The molecule has 110 valence electrons. The van der Waals surface area contributed by atoms with Crippen LogP contribution in [0.25, 0.3) is 0 Å². The van der Waals surface area contributed by atoms with Crippen LogP contribution >= 0.6 is 11.6 Å². The van der Waals surface area contributed by atoms with Gasteiger partial charge < -0.3 is 10.6 Å². The predicted molar refractivity (Wildman–Crippen MR) is 89.8 cm³/mol. The molecule has 3 rings (SSSR count). The molecule has 2 aromatic rings. The average molecular weight is 302 g/mol. The highest BCUT2D eigenvalue weighted by Crippen LogP contribution is 2.20. The molecule has 0 radical (unpaired) electrons. The number of nitrogens with zero attached hydrogens (tertiary/aromatic N) is 2. The van der Waals surface area contributed by atoms with Crippen LogP contribution in [0.2, 0.25) is 5.02 Å². The Morgan fingerprint density at radius 3 is 2.33 bits per heavy atom. The Labute approximate surface area is 130 Å². The highest BCUT2D eigenvalue weighted by atomic mass is 35.5. The first kappa shape index (κ1) is 14.2. The second-order valence-corrected chi connectivity index (χ2v) is 5.92. The van der Waals surface area contributed by atoms with Gasteiger partial charge >= 0.3 is 0 Å². The maximum absolute atomic E-state index is 5.92. The quantitative estimate of drug-likeness (QED) is 0.883. The van der Waals surface area contributed by atoms with Gasteiger partial charge in [0.05, 0.1) is 0 Å². The van der Waals surface area contributed by atoms with Crippen molar-refractivity contribution in [3.8, 4) is 0 Å². The van der Waals surface area contributed by atoms with Crippen LogP contribution in [-0.2, 0) is 6.54 Å². The first-order chi connectivity index (χ1) is 10.2. The predicted octanol–water partition coefficient (Wildman–Crippen LogP) is 3.24. The van der Waals surface area contributed by atoms with Gasteiger partial charge in [0.25, 0.3) is 0 Å². The van der Waals surface area contributed by atoms with Crippen molar-refractivity contribution < 1.29 is 0 Å². The van der Waals surface area contributed by atoms with Gasteiger partial charge in [-0.05, 0) is 35.9 Å². The van der Waals surface area contributed by atoms with E-state index in [1.165, 1.54) is 11.3 Å². The Bertz CT molecular complexity index is 589. The van der Waals surface area contributed by atoms with Crippen molar-refractivity contribution in [2.45, 2.75) is 6.54 Å². The van der Waals surface area contributed by atoms with E-state index in [1.807, 2.05) is 24.3 Å². The zero-order valence-electron chi connectivity index (χ0n) is 12.0. The number of anilines is 2. The molecule has 4 heteroatoms. The standard InChI is InChI=1S/C17H20ClN3/c18-15-6-4-14(5-7-15)13-20-8-10-21(11-9-20)17-3-1-2-16(19)12-17/h1-7,12H,8-11,13,19H2. The number of halogens is 1. The third kappa shape index (κ3) is 3.69. The van der Waals surface area contributed by atoms with Crippen LogP contribution in [0.15, 0.2) is 48.5 Å². The summed E-state index contributed by atoms with van der Waals surface area (Å²) in [5, 5.41) is 0.797. The number of hydrogen-bond donors (Lipinski definition) is 1. The van der Waals surface area contributed by atoms with Crippen LogP contribution in [0.5, 0.6) is 0 Å². The summed E-state index contributed by atoms with van der Waals surface area (Å²) in [6, 6.07) is 16.3. The van der Waals surface area contributed by atoms with Crippen LogP contribution in [0.1, 0.15) is 5.56 Å². The highest BCUT2D eigenvalue weighted by Gasteiger charge is 2.17. The van der Waals surface area contributed by atoms with Crippen LogP contribution in [-0.4, -0.2) is 31.1 Å². The molecule has 1 aliphatic heterocycles. The molecule has 0 amide bonds. The van der Waals surface area contributed by atoms with Crippen LogP contribution in [0, 0.1) is 0 Å². The van der Waals surface area contributed by atoms with Gasteiger partial charge in [-0.15, -0.1) is 0 Å². The summed E-state index contributed by atoms with van der Waals surface area (Å²) < 4.78 is 0. The summed E-state index contributed by atoms with van der Waals surface area (Å²) in [6.07, 6.45) is 0. The van der Waals surface area contributed by atoms with Crippen LogP contribution in [0.4, 0.5) is 11.4 Å². The Balaban J connectivity index is 1.56. The van der Waals surface area contributed by atoms with Crippen molar-refractivity contribution in [2.24, 2.45) is 0 Å². The fourth-order valence-corrected chi connectivity index (χ4v) is 2.86. The molecule has 21 heavy (non-hydrogen) atoms. The molecule has 1 aliphatic rings. The Morgan fingerprint density at radius 2 is 1.67 bits per heavy atom. The molecular formula is C17H20ClN3. The topological polar surface area (TPSA) is 32.5 Å². The zero-order valence-corrected chi connectivity index (χ0v) is 12.8. The molecule has 2 N–H and O–H groups in total. The van der Waals surface area contributed by atoms with Gasteiger partial charge in [-0.3, -0.25) is 4.90 Å². The monoisotopic (exact) mass is 301 g/mol. The summed E-state index contributed by atoms with van der Waals surface area (Å²) >= 11 is 5.92. The molecule has 1 fully saturated rings. The lowest BCUT2D eigenvalue weighted by molar-refractivity contribution is 0.250. The van der Waals surface area contributed by atoms with E-state index in [4.69, 9.17) is 17.3 Å². The summed E-state index contributed by atoms with van der Waals surface area (Å²) in [6.45, 7) is 5.20. The number of benzene rings is 2. The summed E-state index contributed by atoms with van der Waals surface area (Å²) in [5.74, 6) is 0. The smallest absolute Gasteiger partial charge is 0.0406 e. The van der Waals surface area contributed by atoms with Crippen molar-refractivity contribution in [2.75, 3.05) is 36.8 Å². The Morgan fingerprint density at radius 1 is 0.952 bits per heavy atom. The van der Waals surface area contributed by atoms with Crippen molar-refractivity contribution >= 4 is 23.0 Å². The van der Waals surface area contributed by atoms with E-state index >= 15 is 0 Å². The van der Waals surface area contributed by atoms with E-state index in [0.29, 0.717) is 0 Å². The maximum atomic E-state index is 5.92. The molecule has 0 unspecified atom stereocenters. The molecule has 0 aromatic heterocycles. The lowest BCUT2D eigenvalue weighted by atomic mass is 10.2. The van der Waals surface area contributed by atoms with Gasteiger partial charge in [0.1, 0.15) is 0 Å². The molecule has 0 atom stereocenters. The van der Waals surface area contributed by atoms with E-state index in [0.717, 1.165) is 43.4 Å². The summed E-state index contributed by atoms with van der Waals surface area (Å²) in [4.78, 5) is 4.88. The first-order valence-corrected chi connectivity index (χ1v) is 7.66. The van der Waals surface area contributed by atoms with Gasteiger partial charge in [-0.1, -0.05) is 29.8 Å². The summed E-state index contributed by atoms with van der Waals surface area (Å²) in [5.41, 5.74) is 9.23. The maximum Gasteiger partial charge on any atom is 0.0406 e. The third-order valence-electron chi connectivity index (χ3n) is 3.93. The number of hydrogen-bond acceptors (Lipinski definition) is 3. The number of nitrogens with two attached hydrogens (primary N) is 1.